The van der Waals surface area contributed by atoms with Crippen LogP contribution in [0.4, 0.5) is 0 Å². The quantitative estimate of drug-likeness (QED) is 0.158. The number of methoxy groups -OCH3 is 2. The van der Waals surface area contributed by atoms with Crippen LogP contribution in [0.1, 0.15) is 32.6 Å². The average Bonchev–Trinajstić information content (AvgIpc) is 3.21. The van der Waals surface area contributed by atoms with Crippen LogP contribution < -0.4 is 82.9 Å². The number of rotatable bonds is 7. The molecule has 0 saturated carbocycles. The van der Waals surface area contributed by atoms with Gasteiger partial charge in [-0.25, -0.2) is 0 Å². The Hall–Kier alpha value is -1.58. The Balaban J connectivity index is 0.00000241. The number of hydrogen-bond donors (Lipinski definition) is 0. The van der Waals surface area contributed by atoms with Crippen molar-refractivity contribution in [2.24, 2.45) is 0 Å². The fourth-order valence-corrected chi connectivity index (χ4v) is 4.40. The minimum atomic E-state index is -5.39. The van der Waals surface area contributed by atoms with E-state index in [4.69, 9.17) is 18.4 Å². The Morgan fingerprint density at radius 1 is 0.892 bits per heavy atom. The number of carbonyl (C=O) groups is 1. The molecule has 4 rings (SSSR count). The molecule has 3 aromatic carbocycles. The van der Waals surface area contributed by atoms with Gasteiger partial charge in [-0.15, -0.1) is 0 Å². The zero-order chi connectivity index (χ0) is 25.5. The van der Waals surface area contributed by atoms with Crippen molar-refractivity contribution in [3.05, 3.63) is 76.3 Å². The second kappa shape index (κ2) is 12.5. The molecule has 0 bridgehead atoms. The third kappa shape index (κ3) is 6.53. The summed E-state index contributed by atoms with van der Waals surface area (Å²) in [6, 6.07) is 13.5. The smallest absolute Gasteiger partial charge is 0.780 e. The van der Waals surface area contributed by atoms with Crippen LogP contribution in [0.2, 0.25) is 0 Å². The number of benzene rings is 3. The number of fused-ring (bicyclic) bond motifs is 1. The van der Waals surface area contributed by atoms with Gasteiger partial charge >= 0.3 is 59.1 Å². The fraction of sp³-hybridized carbons (Fsp3) is 0.192. The third-order valence-corrected chi connectivity index (χ3v) is 6.30. The van der Waals surface area contributed by atoms with Crippen LogP contribution in [0.25, 0.3) is 22.3 Å². The first-order valence-corrected chi connectivity index (χ1v) is 12.1. The maximum Gasteiger partial charge on any atom is 1.00 e. The second-order valence-corrected chi connectivity index (χ2v) is 9.19. The van der Waals surface area contributed by atoms with E-state index in [1.54, 1.807) is 55.5 Å². The minimum Gasteiger partial charge on any atom is -0.780 e. The molecule has 0 spiro atoms. The van der Waals surface area contributed by atoms with Crippen LogP contribution in [0.3, 0.4) is 0 Å². The molecule has 0 radical (unpaired) electrons. The van der Waals surface area contributed by atoms with Gasteiger partial charge in [-0.2, -0.15) is 0 Å². The zero-order valence-corrected chi connectivity index (χ0v) is 26.7. The van der Waals surface area contributed by atoms with Crippen molar-refractivity contribution in [2.45, 2.75) is 20.8 Å². The molecule has 11 heteroatoms. The molecule has 1 aromatic heterocycles. The van der Waals surface area contributed by atoms with Gasteiger partial charge in [0.1, 0.15) is 25.1 Å². The minimum absolute atomic E-state index is 0. The normalized spacial score (nSPS) is 10.9. The Bertz CT molecular complexity index is 1490. The van der Waals surface area contributed by atoms with Crippen LogP contribution in [-0.2, 0) is 4.57 Å². The maximum absolute atomic E-state index is 13.9. The van der Waals surface area contributed by atoms with Crippen molar-refractivity contribution in [1.82, 2.24) is 0 Å². The summed E-state index contributed by atoms with van der Waals surface area (Å²) >= 11 is 0. The van der Waals surface area contributed by atoms with E-state index in [1.807, 2.05) is 13.8 Å². The number of phosphoric ester groups is 1. The van der Waals surface area contributed by atoms with E-state index in [1.165, 1.54) is 14.2 Å². The molecule has 37 heavy (non-hydrogen) atoms. The molecule has 0 atom stereocenters. The first-order valence-electron chi connectivity index (χ1n) is 10.7. The predicted octanol–water partition coefficient (Wildman–Crippen LogP) is -1.51. The monoisotopic (exact) mass is 540 g/mol. The number of ether oxygens (including phenoxy) is 2. The van der Waals surface area contributed by atoms with Gasteiger partial charge in [0, 0.05) is 16.5 Å². The van der Waals surface area contributed by atoms with Crippen LogP contribution in [0, 0.1) is 20.8 Å². The van der Waals surface area contributed by atoms with Crippen LogP contribution >= 0.6 is 7.82 Å². The van der Waals surface area contributed by atoms with Crippen LogP contribution in [0.15, 0.2) is 52.9 Å². The summed E-state index contributed by atoms with van der Waals surface area (Å²) in [4.78, 5) is 36.8. The van der Waals surface area contributed by atoms with E-state index < -0.39 is 7.82 Å². The number of furan rings is 1. The standard InChI is InChI=1S/C26H25O8P.2Na/c1-14-6-11-20-22(23(27)18-12-15(2)16(3)21(13-18)32-5)25(17-7-9-19(31-4)10-8-17)33-26(20)24(14)34-35(28,29)30;;/h6-13H,1-5H3,(H2,28,29,30);;/q;2*+1/p-2. The van der Waals surface area contributed by atoms with Crippen molar-refractivity contribution >= 4 is 24.6 Å². The SMILES string of the molecule is COc1ccc(-c2oc3c(OP(=O)([O-])[O-])c(C)ccc3c2C(=O)c2cc(C)c(C)c(OC)c2)cc1.[Na+].[Na+]. The van der Waals surface area contributed by atoms with Gasteiger partial charge in [0.05, 0.1) is 19.8 Å². The van der Waals surface area contributed by atoms with Crippen molar-refractivity contribution < 1.29 is 96.7 Å². The zero-order valence-electron chi connectivity index (χ0n) is 21.8. The summed E-state index contributed by atoms with van der Waals surface area (Å²) in [5.74, 6) is 0.758. The van der Waals surface area contributed by atoms with Gasteiger partial charge in [0.2, 0.25) is 0 Å². The van der Waals surface area contributed by atoms with Gasteiger partial charge < -0.3 is 32.8 Å². The summed E-state index contributed by atoms with van der Waals surface area (Å²) < 4.78 is 32.9. The molecule has 0 saturated heterocycles. The van der Waals surface area contributed by atoms with E-state index in [-0.39, 0.29) is 87.6 Å². The van der Waals surface area contributed by atoms with Gasteiger partial charge in [-0.05, 0) is 79.9 Å². The van der Waals surface area contributed by atoms with Crippen molar-refractivity contribution in [3.63, 3.8) is 0 Å². The number of phosphoric acid groups is 1. The van der Waals surface area contributed by atoms with Gasteiger partial charge in [-0.3, -0.25) is 4.79 Å². The Kier molecular flexibility index (Phi) is 10.7. The summed E-state index contributed by atoms with van der Waals surface area (Å²) in [6.07, 6.45) is 0. The molecule has 0 fully saturated rings. The molecular weight excluding hydrogens is 517 g/mol. The topological polar surface area (TPSA) is 121 Å². The van der Waals surface area contributed by atoms with E-state index in [0.717, 1.165) is 11.1 Å². The molecule has 0 N–H and O–H groups in total. The van der Waals surface area contributed by atoms with Crippen LogP contribution in [-0.4, -0.2) is 20.0 Å². The largest absolute Gasteiger partial charge is 1.00 e. The number of ketones is 1. The molecule has 8 nitrogen and oxygen atoms in total. The first-order chi connectivity index (χ1) is 16.5. The second-order valence-electron chi connectivity index (χ2n) is 8.11. The molecule has 0 aliphatic heterocycles. The molecule has 182 valence electrons. The van der Waals surface area contributed by atoms with Gasteiger partial charge in [0.15, 0.2) is 17.1 Å². The Morgan fingerprint density at radius 3 is 2.11 bits per heavy atom. The summed E-state index contributed by atoms with van der Waals surface area (Å²) in [5, 5.41) is 0.312. The fourth-order valence-electron chi connectivity index (χ4n) is 3.95. The predicted molar refractivity (Wildman–Crippen MR) is 127 cm³/mol. The van der Waals surface area contributed by atoms with E-state index in [2.05, 4.69) is 0 Å². The van der Waals surface area contributed by atoms with Crippen molar-refractivity contribution in [2.75, 3.05) is 14.2 Å². The first kappa shape index (κ1) is 31.6. The summed E-state index contributed by atoms with van der Waals surface area (Å²) in [6.45, 7) is 5.35. The molecule has 0 aliphatic carbocycles. The van der Waals surface area contributed by atoms with Crippen molar-refractivity contribution in [3.8, 4) is 28.6 Å². The van der Waals surface area contributed by atoms with Gasteiger partial charge in [-0.1, -0.05) is 6.07 Å². The molecule has 0 unspecified atom stereocenters. The Labute approximate surface area is 259 Å². The molecule has 1 heterocycles. The third-order valence-electron chi connectivity index (χ3n) is 5.89. The summed E-state index contributed by atoms with van der Waals surface area (Å²) in [5.41, 5.74) is 3.25. The summed E-state index contributed by atoms with van der Waals surface area (Å²) in [7, 11) is -2.32. The molecule has 0 amide bonds. The van der Waals surface area contributed by atoms with Crippen molar-refractivity contribution in [1.29, 1.82) is 0 Å². The van der Waals surface area contributed by atoms with Gasteiger partial charge in [0.25, 0.3) is 0 Å². The van der Waals surface area contributed by atoms with E-state index in [0.29, 0.717) is 33.6 Å². The number of hydrogen-bond acceptors (Lipinski definition) is 8. The van der Waals surface area contributed by atoms with E-state index >= 15 is 0 Å². The van der Waals surface area contributed by atoms with Crippen LogP contribution in [0.5, 0.6) is 17.2 Å². The molecular formula is C26H23Na2O8P. The maximum atomic E-state index is 13.9. The molecule has 4 aromatic rings. The average molecular weight is 540 g/mol. The number of aryl methyl sites for hydroxylation is 2. The van der Waals surface area contributed by atoms with E-state index in [9.17, 15) is 19.1 Å². The molecule has 0 aliphatic rings. The Morgan fingerprint density at radius 2 is 1.54 bits per heavy atom. The number of carbonyl (C=O) groups excluding carboxylic acids is 1.